The first-order valence-electron chi connectivity index (χ1n) is 9.77. The number of guanidine groups is 1. The molecule has 0 aliphatic carbocycles. The molecule has 0 aliphatic rings. The van der Waals surface area contributed by atoms with Crippen LogP contribution in [0, 0.1) is 0 Å². The highest BCUT2D eigenvalue weighted by molar-refractivity contribution is 5.81. The fourth-order valence-corrected chi connectivity index (χ4v) is 2.28. The van der Waals surface area contributed by atoms with Crippen LogP contribution in [0.1, 0.15) is 44.7 Å². The van der Waals surface area contributed by atoms with Gasteiger partial charge in [0.1, 0.15) is 6.61 Å². The molecule has 0 spiro atoms. The molecule has 0 saturated carbocycles. The predicted octanol–water partition coefficient (Wildman–Crippen LogP) is 3.13. The number of halogens is 3. The molecular weight excluding hydrogens is 385 g/mol. The van der Waals surface area contributed by atoms with Gasteiger partial charge in [-0.05, 0) is 31.4 Å². The summed E-state index contributed by atoms with van der Waals surface area (Å²) < 4.78 is 40.9. The number of aliphatic imine (C=N–C) groups is 1. The molecule has 0 fully saturated rings. The van der Waals surface area contributed by atoms with E-state index in [4.69, 9.17) is 0 Å². The summed E-state index contributed by atoms with van der Waals surface area (Å²) >= 11 is 0. The van der Waals surface area contributed by atoms with Crippen LogP contribution >= 0.6 is 0 Å². The molecule has 0 radical (unpaired) electrons. The number of nitrogens with one attached hydrogen (secondary N) is 3. The molecule has 164 valence electrons. The average Bonchev–Trinajstić information content (AvgIpc) is 2.66. The van der Waals surface area contributed by atoms with Gasteiger partial charge in [-0.2, -0.15) is 13.2 Å². The number of amides is 1. The average molecular weight is 416 g/mol. The van der Waals surface area contributed by atoms with Crippen molar-refractivity contribution in [1.82, 2.24) is 16.0 Å². The number of alkyl halides is 3. The summed E-state index contributed by atoms with van der Waals surface area (Å²) in [7, 11) is 0. The van der Waals surface area contributed by atoms with Crippen LogP contribution in [-0.4, -0.2) is 43.8 Å². The van der Waals surface area contributed by atoms with Crippen LogP contribution in [0.3, 0.4) is 0 Å². The molecule has 6 nitrogen and oxygen atoms in total. The van der Waals surface area contributed by atoms with Gasteiger partial charge in [0.25, 0.3) is 0 Å². The van der Waals surface area contributed by atoms with Crippen molar-refractivity contribution in [3.63, 3.8) is 0 Å². The van der Waals surface area contributed by atoms with Gasteiger partial charge >= 0.3 is 6.18 Å². The third-order valence-corrected chi connectivity index (χ3v) is 3.99. The van der Waals surface area contributed by atoms with E-state index in [1.54, 1.807) is 24.3 Å². The normalized spacial score (nSPS) is 13.1. The van der Waals surface area contributed by atoms with Crippen molar-refractivity contribution in [3.8, 4) is 0 Å². The standard InChI is InChI=1S/C20H31F3N4O2/c1-4-15(3)27-18(28)10-11-25-19(24-5-2)26-12-16-6-8-17(9-7-16)13-29-14-20(21,22)23/h6-9,15H,4-5,10-14H2,1-3H3,(H,27,28)(H2,24,25,26). The highest BCUT2D eigenvalue weighted by Gasteiger charge is 2.27. The quantitative estimate of drug-likeness (QED) is 0.383. The molecule has 1 rings (SSSR count). The van der Waals surface area contributed by atoms with Crippen LogP contribution < -0.4 is 16.0 Å². The first-order chi connectivity index (χ1) is 13.7. The predicted molar refractivity (Wildman–Crippen MR) is 107 cm³/mol. The SMILES string of the molecule is CCNC(=NCc1ccc(COCC(F)(F)F)cc1)NCCC(=O)NC(C)CC. The van der Waals surface area contributed by atoms with Crippen LogP contribution in [0.15, 0.2) is 29.3 Å². The molecule has 29 heavy (non-hydrogen) atoms. The van der Waals surface area contributed by atoms with Gasteiger partial charge in [-0.3, -0.25) is 4.79 Å². The molecule has 1 unspecified atom stereocenters. The van der Waals surface area contributed by atoms with Crippen LogP contribution in [0.5, 0.6) is 0 Å². The fourth-order valence-electron chi connectivity index (χ4n) is 2.28. The molecule has 1 atom stereocenters. The number of benzene rings is 1. The number of hydrogen-bond donors (Lipinski definition) is 3. The monoisotopic (exact) mass is 416 g/mol. The molecule has 0 aromatic heterocycles. The molecule has 0 bridgehead atoms. The Balaban J connectivity index is 2.46. The van der Waals surface area contributed by atoms with Crippen LogP contribution in [0.2, 0.25) is 0 Å². The second-order valence-electron chi connectivity index (χ2n) is 6.67. The van der Waals surface area contributed by atoms with E-state index in [1.807, 2.05) is 20.8 Å². The van der Waals surface area contributed by atoms with E-state index in [9.17, 15) is 18.0 Å². The van der Waals surface area contributed by atoms with Gasteiger partial charge in [0.2, 0.25) is 5.91 Å². The molecule has 0 aliphatic heterocycles. The molecule has 1 aromatic carbocycles. The van der Waals surface area contributed by atoms with E-state index in [0.717, 1.165) is 12.0 Å². The van der Waals surface area contributed by atoms with E-state index in [2.05, 4.69) is 25.7 Å². The van der Waals surface area contributed by atoms with Crippen LogP contribution in [0.25, 0.3) is 0 Å². The summed E-state index contributed by atoms with van der Waals surface area (Å²) in [5.41, 5.74) is 1.58. The van der Waals surface area contributed by atoms with Gasteiger partial charge in [-0.25, -0.2) is 4.99 Å². The molecule has 0 saturated heterocycles. The topological polar surface area (TPSA) is 74.8 Å². The molecule has 1 amide bonds. The van der Waals surface area contributed by atoms with Crippen molar-refractivity contribution < 1.29 is 22.7 Å². The maximum Gasteiger partial charge on any atom is 0.411 e. The number of carbonyl (C=O) groups excluding carboxylic acids is 1. The number of rotatable bonds is 11. The zero-order chi connectivity index (χ0) is 21.7. The van der Waals surface area contributed by atoms with Gasteiger partial charge in [0.15, 0.2) is 5.96 Å². The summed E-state index contributed by atoms with van der Waals surface area (Å²) in [6.07, 6.45) is -3.09. The largest absolute Gasteiger partial charge is 0.411 e. The van der Waals surface area contributed by atoms with Gasteiger partial charge in [0.05, 0.1) is 13.2 Å². The van der Waals surface area contributed by atoms with Crippen molar-refractivity contribution in [2.45, 2.75) is 59.0 Å². The van der Waals surface area contributed by atoms with Crippen LogP contribution in [-0.2, 0) is 22.7 Å². The van der Waals surface area contributed by atoms with Crippen molar-refractivity contribution >= 4 is 11.9 Å². The number of hydrogen-bond acceptors (Lipinski definition) is 3. The van der Waals surface area contributed by atoms with Crippen molar-refractivity contribution in [2.75, 3.05) is 19.7 Å². The van der Waals surface area contributed by atoms with E-state index >= 15 is 0 Å². The lowest BCUT2D eigenvalue weighted by molar-refractivity contribution is -0.176. The number of carbonyl (C=O) groups is 1. The first kappa shape index (κ1) is 24.7. The Morgan fingerprint density at radius 1 is 1.14 bits per heavy atom. The van der Waals surface area contributed by atoms with Crippen molar-refractivity contribution in [2.24, 2.45) is 4.99 Å². The van der Waals surface area contributed by atoms with E-state index in [0.29, 0.717) is 37.6 Å². The molecule has 9 heteroatoms. The summed E-state index contributed by atoms with van der Waals surface area (Å²) in [6.45, 7) is 6.12. The maximum atomic E-state index is 12.1. The number of nitrogens with zero attached hydrogens (tertiary/aromatic N) is 1. The first-order valence-corrected chi connectivity index (χ1v) is 9.77. The number of ether oxygens (including phenoxy) is 1. The lowest BCUT2D eigenvalue weighted by Crippen LogP contribution is -2.40. The minimum Gasteiger partial charge on any atom is -0.367 e. The van der Waals surface area contributed by atoms with Gasteiger partial charge in [0, 0.05) is 25.6 Å². The van der Waals surface area contributed by atoms with E-state index < -0.39 is 12.8 Å². The Kier molecular flexibility index (Phi) is 11.1. The lowest BCUT2D eigenvalue weighted by atomic mass is 10.1. The minimum absolute atomic E-state index is 0.00831. The van der Waals surface area contributed by atoms with Gasteiger partial charge in [-0.15, -0.1) is 0 Å². The Labute approximate surface area is 170 Å². The van der Waals surface area contributed by atoms with Crippen molar-refractivity contribution in [3.05, 3.63) is 35.4 Å². The Hall–Kier alpha value is -2.29. The van der Waals surface area contributed by atoms with E-state index in [1.165, 1.54) is 0 Å². The van der Waals surface area contributed by atoms with Crippen molar-refractivity contribution in [1.29, 1.82) is 0 Å². The van der Waals surface area contributed by atoms with Gasteiger partial charge in [-0.1, -0.05) is 31.2 Å². The third kappa shape index (κ3) is 12.0. The minimum atomic E-state index is -4.32. The smallest absolute Gasteiger partial charge is 0.367 e. The zero-order valence-corrected chi connectivity index (χ0v) is 17.2. The highest BCUT2D eigenvalue weighted by Crippen LogP contribution is 2.16. The Morgan fingerprint density at radius 2 is 1.79 bits per heavy atom. The van der Waals surface area contributed by atoms with Crippen LogP contribution in [0.4, 0.5) is 13.2 Å². The van der Waals surface area contributed by atoms with E-state index in [-0.39, 0.29) is 18.6 Å². The third-order valence-electron chi connectivity index (χ3n) is 3.99. The summed E-state index contributed by atoms with van der Waals surface area (Å²) in [5, 5.41) is 9.14. The zero-order valence-electron chi connectivity index (χ0n) is 17.2. The fraction of sp³-hybridized carbons (Fsp3) is 0.600. The second-order valence-corrected chi connectivity index (χ2v) is 6.67. The molecule has 0 heterocycles. The summed E-state index contributed by atoms with van der Waals surface area (Å²) in [6, 6.07) is 7.21. The second kappa shape index (κ2) is 13.0. The molecule has 3 N–H and O–H groups in total. The molecular formula is C20H31F3N4O2. The van der Waals surface area contributed by atoms with Gasteiger partial charge < -0.3 is 20.7 Å². The Morgan fingerprint density at radius 3 is 2.38 bits per heavy atom. The molecule has 1 aromatic rings. The maximum absolute atomic E-state index is 12.1. The lowest BCUT2D eigenvalue weighted by Gasteiger charge is -2.13. The summed E-state index contributed by atoms with van der Waals surface area (Å²) in [4.78, 5) is 16.3. The summed E-state index contributed by atoms with van der Waals surface area (Å²) in [5.74, 6) is 0.590. The highest BCUT2D eigenvalue weighted by atomic mass is 19.4. The Bertz CT molecular complexity index is 634.